The lowest BCUT2D eigenvalue weighted by atomic mass is 10.0. The molecule has 0 aliphatic rings. The van der Waals surface area contributed by atoms with Crippen LogP contribution in [0.25, 0.3) is 0 Å². The number of pyridine rings is 1. The van der Waals surface area contributed by atoms with Crippen LogP contribution in [0.2, 0.25) is 0 Å². The second-order valence-electron chi connectivity index (χ2n) is 8.98. The Morgan fingerprint density at radius 1 is 0.667 bits per heavy atom. The number of unbranched alkanes of at least 4 members (excludes halogenated alkanes) is 13. The van der Waals surface area contributed by atoms with Crippen LogP contribution in [-0.2, 0) is 16.7 Å². The Morgan fingerprint density at radius 2 is 1.09 bits per heavy atom. The fourth-order valence-corrected chi connectivity index (χ4v) is 4.25. The molecule has 0 spiro atoms. The van der Waals surface area contributed by atoms with Gasteiger partial charge < -0.3 is 4.55 Å². The van der Waals surface area contributed by atoms with Crippen LogP contribution in [0.15, 0.2) is 59.8 Å². The van der Waals surface area contributed by atoms with Crippen molar-refractivity contribution >= 4 is 10.1 Å². The molecule has 0 bridgehead atoms. The molecule has 0 saturated carbocycles. The van der Waals surface area contributed by atoms with Crippen molar-refractivity contribution in [3.63, 3.8) is 0 Å². The van der Waals surface area contributed by atoms with Gasteiger partial charge in [-0.2, -0.15) is 0 Å². The Labute approximate surface area is 203 Å². The number of aromatic nitrogens is 1. The number of hydrogen-bond acceptors (Lipinski definition) is 3. The standard InChI is InChI=1S/C21H38N.C7H8O3S/c1-2-3-4-5-6-7-8-9-10-11-12-13-14-16-19-22-20-17-15-18-21-22;1-6-2-4-7(5-3-6)11(8,9)10/h15,17-18,20-21H,2-14,16,19H2,1H3;2-5H,1H3,(H,8,9,10)/q+1;/p-1. The highest BCUT2D eigenvalue weighted by atomic mass is 32.2. The third-order valence-corrected chi connectivity index (χ3v) is 6.71. The molecule has 0 aliphatic carbocycles. The summed E-state index contributed by atoms with van der Waals surface area (Å²) in [6, 6.07) is 12.1. The van der Waals surface area contributed by atoms with Gasteiger partial charge in [0.1, 0.15) is 16.7 Å². The Kier molecular flexibility index (Phi) is 16.6. The SMILES string of the molecule is CCCCCCCCCCCCCCCC[n+]1ccccc1.Cc1ccc(S(=O)(=O)[O-])cc1. The minimum atomic E-state index is -4.27. The van der Waals surface area contributed by atoms with Crippen LogP contribution in [0.5, 0.6) is 0 Å². The molecule has 4 nitrogen and oxygen atoms in total. The third-order valence-electron chi connectivity index (χ3n) is 5.86. The molecule has 2 aromatic rings. The van der Waals surface area contributed by atoms with Crippen LogP contribution in [0.4, 0.5) is 0 Å². The molecule has 0 fully saturated rings. The highest BCUT2D eigenvalue weighted by Crippen LogP contribution is 2.13. The van der Waals surface area contributed by atoms with Crippen molar-refractivity contribution in [1.29, 1.82) is 0 Å². The van der Waals surface area contributed by atoms with Gasteiger partial charge in [-0.1, -0.05) is 108 Å². The smallest absolute Gasteiger partial charge is 0.168 e. The fraction of sp³-hybridized carbons (Fsp3) is 0.607. The molecule has 0 aliphatic heterocycles. The molecular weight excluding hydrogens is 430 g/mol. The van der Waals surface area contributed by atoms with Gasteiger partial charge in [0.2, 0.25) is 0 Å². The number of benzene rings is 1. The van der Waals surface area contributed by atoms with Crippen LogP contribution in [0, 0.1) is 6.92 Å². The van der Waals surface area contributed by atoms with Crippen molar-refractivity contribution in [2.24, 2.45) is 0 Å². The summed E-state index contributed by atoms with van der Waals surface area (Å²) >= 11 is 0. The summed E-state index contributed by atoms with van der Waals surface area (Å²) in [5.74, 6) is 0. The minimum Gasteiger partial charge on any atom is -0.744 e. The summed E-state index contributed by atoms with van der Waals surface area (Å²) in [7, 11) is -4.27. The van der Waals surface area contributed by atoms with E-state index in [9.17, 15) is 13.0 Å². The third kappa shape index (κ3) is 16.5. The predicted octanol–water partition coefficient (Wildman–Crippen LogP) is 7.35. The number of aryl methyl sites for hydroxylation is 2. The molecule has 0 saturated heterocycles. The van der Waals surface area contributed by atoms with E-state index in [0.717, 1.165) is 5.56 Å². The molecule has 2 rings (SSSR count). The largest absolute Gasteiger partial charge is 0.744 e. The number of hydrogen-bond donors (Lipinski definition) is 0. The zero-order chi connectivity index (χ0) is 24.2. The Hall–Kier alpha value is -1.72. The first-order chi connectivity index (χ1) is 15.9. The summed E-state index contributed by atoms with van der Waals surface area (Å²) in [5, 5.41) is 0. The summed E-state index contributed by atoms with van der Waals surface area (Å²) in [4.78, 5) is -0.178. The quantitative estimate of drug-likeness (QED) is 0.145. The fourth-order valence-electron chi connectivity index (χ4n) is 3.78. The van der Waals surface area contributed by atoms with Crippen LogP contribution in [0.3, 0.4) is 0 Å². The molecule has 0 amide bonds. The topological polar surface area (TPSA) is 61.1 Å². The first-order valence-corrected chi connectivity index (χ1v) is 14.3. The highest BCUT2D eigenvalue weighted by molar-refractivity contribution is 7.85. The van der Waals surface area contributed by atoms with Crippen molar-refractivity contribution in [3.05, 3.63) is 60.4 Å². The molecule has 5 heteroatoms. The van der Waals surface area contributed by atoms with Gasteiger partial charge in [0.25, 0.3) is 0 Å². The first kappa shape index (κ1) is 29.3. The van der Waals surface area contributed by atoms with E-state index in [-0.39, 0.29) is 4.90 Å². The van der Waals surface area contributed by atoms with Gasteiger partial charge in [0, 0.05) is 18.6 Å². The molecule has 1 aromatic carbocycles. The maximum absolute atomic E-state index is 10.4. The van der Waals surface area contributed by atoms with E-state index in [4.69, 9.17) is 0 Å². The van der Waals surface area contributed by atoms with Crippen molar-refractivity contribution < 1.29 is 17.5 Å². The zero-order valence-corrected chi connectivity index (χ0v) is 21.7. The summed E-state index contributed by atoms with van der Waals surface area (Å²) in [6.07, 6.45) is 24.4. The predicted molar refractivity (Wildman–Crippen MR) is 136 cm³/mol. The summed E-state index contributed by atoms with van der Waals surface area (Å²) in [6.45, 7) is 5.29. The molecule has 0 unspecified atom stereocenters. The maximum atomic E-state index is 10.4. The molecule has 1 heterocycles. The normalized spacial score (nSPS) is 11.1. The second kappa shape index (κ2) is 18.7. The molecule has 1 aromatic heterocycles. The number of nitrogens with zero attached hydrogens (tertiary/aromatic N) is 1. The van der Waals surface area contributed by atoms with Gasteiger partial charge in [-0.15, -0.1) is 0 Å². The Bertz CT molecular complexity index is 805. The lowest BCUT2D eigenvalue weighted by Crippen LogP contribution is -2.32. The van der Waals surface area contributed by atoms with Crippen LogP contribution in [-0.4, -0.2) is 13.0 Å². The van der Waals surface area contributed by atoms with E-state index < -0.39 is 10.1 Å². The lowest BCUT2D eigenvalue weighted by molar-refractivity contribution is -0.697. The average Bonchev–Trinajstić information content (AvgIpc) is 2.80. The lowest BCUT2D eigenvalue weighted by Gasteiger charge is -2.05. The molecular formula is C28H45NO3S. The Balaban J connectivity index is 0.000000412. The van der Waals surface area contributed by atoms with E-state index in [1.807, 2.05) is 6.92 Å². The zero-order valence-electron chi connectivity index (χ0n) is 20.9. The van der Waals surface area contributed by atoms with Crippen molar-refractivity contribution in [2.45, 2.75) is 115 Å². The van der Waals surface area contributed by atoms with E-state index in [1.165, 1.54) is 109 Å². The number of rotatable bonds is 16. The summed E-state index contributed by atoms with van der Waals surface area (Å²) in [5.41, 5.74) is 0.928. The highest BCUT2D eigenvalue weighted by Gasteiger charge is 1.99. The first-order valence-electron chi connectivity index (χ1n) is 12.9. The van der Waals surface area contributed by atoms with Gasteiger partial charge in [0.15, 0.2) is 12.4 Å². The van der Waals surface area contributed by atoms with Gasteiger partial charge in [0.05, 0.1) is 4.90 Å². The van der Waals surface area contributed by atoms with Crippen molar-refractivity contribution in [2.75, 3.05) is 0 Å². The molecule has 33 heavy (non-hydrogen) atoms. The Morgan fingerprint density at radius 3 is 1.52 bits per heavy atom. The van der Waals surface area contributed by atoms with Crippen LogP contribution >= 0.6 is 0 Å². The monoisotopic (exact) mass is 475 g/mol. The van der Waals surface area contributed by atoms with Crippen molar-refractivity contribution in [1.82, 2.24) is 0 Å². The van der Waals surface area contributed by atoms with Crippen LogP contribution in [0.1, 0.15) is 102 Å². The van der Waals surface area contributed by atoms with Crippen molar-refractivity contribution in [3.8, 4) is 0 Å². The average molecular weight is 476 g/mol. The molecule has 0 N–H and O–H groups in total. The van der Waals surface area contributed by atoms with E-state index in [1.54, 1.807) is 12.1 Å². The van der Waals surface area contributed by atoms with Gasteiger partial charge >= 0.3 is 0 Å². The maximum Gasteiger partial charge on any atom is 0.168 e. The van der Waals surface area contributed by atoms with E-state index in [2.05, 4.69) is 42.1 Å². The van der Waals surface area contributed by atoms with Gasteiger partial charge in [-0.25, -0.2) is 13.0 Å². The minimum absolute atomic E-state index is 0.178. The van der Waals surface area contributed by atoms with E-state index in [0.29, 0.717) is 0 Å². The van der Waals surface area contributed by atoms with Gasteiger partial charge in [-0.05, 0) is 25.5 Å². The molecule has 0 atom stereocenters. The molecule has 186 valence electrons. The van der Waals surface area contributed by atoms with Gasteiger partial charge in [-0.3, -0.25) is 0 Å². The van der Waals surface area contributed by atoms with Crippen LogP contribution < -0.4 is 4.57 Å². The van der Waals surface area contributed by atoms with E-state index >= 15 is 0 Å². The second-order valence-corrected chi connectivity index (χ2v) is 10.4. The molecule has 0 radical (unpaired) electrons. The summed E-state index contributed by atoms with van der Waals surface area (Å²) < 4.78 is 33.5.